The third-order valence-corrected chi connectivity index (χ3v) is 5.46. The van der Waals surface area contributed by atoms with Gasteiger partial charge in [-0.1, -0.05) is 6.08 Å². The molecule has 162 valence electrons. The Hall–Kier alpha value is -1.62. The van der Waals surface area contributed by atoms with Gasteiger partial charge in [-0.05, 0) is 25.5 Å². The van der Waals surface area contributed by atoms with E-state index in [-0.39, 0.29) is 62.9 Å². The van der Waals surface area contributed by atoms with E-state index in [0.29, 0.717) is 67.3 Å². The van der Waals surface area contributed by atoms with Crippen LogP contribution in [0.1, 0.15) is 25.8 Å². The monoisotopic (exact) mass is 485 g/mol. The second-order valence-electron chi connectivity index (χ2n) is 7.19. The van der Waals surface area contributed by atoms with Crippen molar-refractivity contribution in [2.45, 2.75) is 26.4 Å². The standard InChI is InChI=1S/C21H22BN7O2P.K/c1-4-13(19(23)32-22)14-10-25-18-9-16(14)31-12(2)6-8-30-21-15(11-26-29(21)3)20-24-7-5-17(27-18)28-20;/h4-5,7,9-12,23H,6,8H2,1-3H3,(H,24,25,27,28);/q-1;+1/b13-4-,23-19?;/t12-;/m0./s1. The minimum absolute atomic E-state index is 0. The molecule has 2 N–H and O–H groups in total. The number of anilines is 2. The predicted molar refractivity (Wildman–Crippen MR) is 126 cm³/mol. The van der Waals surface area contributed by atoms with E-state index in [0.717, 1.165) is 0 Å². The summed E-state index contributed by atoms with van der Waals surface area (Å²) in [5.41, 5.74) is 2.38. The van der Waals surface area contributed by atoms with Crippen molar-refractivity contribution in [2.75, 3.05) is 11.9 Å². The number of ether oxygens (including phenoxy) is 2. The van der Waals surface area contributed by atoms with Crippen LogP contribution in [-0.2, 0) is 7.05 Å². The Kier molecular flexibility index (Phi) is 9.20. The Morgan fingerprint density at radius 2 is 2.15 bits per heavy atom. The summed E-state index contributed by atoms with van der Waals surface area (Å²) >= 11 is 0. The number of allylic oxidation sites excluding steroid dienone is 2. The van der Waals surface area contributed by atoms with Crippen molar-refractivity contribution in [1.82, 2.24) is 24.7 Å². The quantitative estimate of drug-likeness (QED) is 0.323. The summed E-state index contributed by atoms with van der Waals surface area (Å²) in [6.07, 6.45) is 7.36. The minimum Gasteiger partial charge on any atom is -0.533 e. The number of fused-ring (bicyclic) bond motifs is 6. The smallest absolute Gasteiger partial charge is 0.533 e. The van der Waals surface area contributed by atoms with Gasteiger partial charge in [0.1, 0.15) is 22.9 Å². The van der Waals surface area contributed by atoms with Crippen LogP contribution < -0.4 is 66.2 Å². The van der Waals surface area contributed by atoms with Gasteiger partial charge in [0.05, 0.1) is 18.9 Å². The first-order chi connectivity index (χ1) is 15.5. The molecule has 0 fully saturated rings. The minimum atomic E-state index is -0.152. The summed E-state index contributed by atoms with van der Waals surface area (Å²) in [5.74, 6) is 2.83. The van der Waals surface area contributed by atoms with E-state index in [1.54, 1.807) is 35.4 Å². The molecule has 4 heterocycles. The van der Waals surface area contributed by atoms with E-state index in [4.69, 9.17) is 22.4 Å². The van der Waals surface area contributed by atoms with Crippen LogP contribution in [0.4, 0.5) is 11.6 Å². The van der Waals surface area contributed by atoms with Gasteiger partial charge in [-0.25, -0.2) is 19.6 Å². The van der Waals surface area contributed by atoms with Crippen molar-refractivity contribution in [2.24, 2.45) is 7.05 Å². The van der Waals surface area contributed by atoms with Crippen LogP contribution in [0.15, 0.2) is 36.8 Å². The number of nitrogens with zero attached hydrogens (tertiary/aromatic N) is 5. The van der Waals surface area contributed by atoms with E-state index in [2.05, 4.69) is 25.4 Å². The number of rotatable bonds is 3. The molecule has 0 aromatic carbocycles. The van der Waals surface area contributed by atoms with Gasteiger partial charge in [-0.15, -0.1) is 5.45 Å². The molecule has 2 radical (unpaired) electrons. The fraction of sp³-hybridized carbons (Fsp3) is 0.286. The maximum Gasteiger partial charge on any atom is 1.00 e. The van der Waals surface area contributed by atoms with E-state index in [9.17, 15) is 0 Å². The summed E-state index contributed by atoms with van der Waals surface area (Å²) in [5, 5.41) is 15.7. The predicted octanol–water partition coefficient (Wildman–Crippen LogP) is 0.980. The summed E-state index contributed by atoms with van der Waals surface area (Å²) in [6.45, 7) is 4.26. The number of pyridine rings is 1. The molecule has 4 rings (SSSR count). The van der Waals surface area contributed by atoms with Crippen molar-refractivity contribution in [1.29, 1.82) is 5.41 Å². The fourth-order valence-electron chi connectivity index (χ4n) is 3.33. The van der Waals surface area contributed by atoms with Gasteiger partial charge < -0.3 is 28.7 Å². The van der Waals surface area contributed by atoms with Crippen LogP contribution in [0.25, 0.3) is 17.0 Å². The van der Waals surface area contributed by atoms with Crippen molar-refractivity contribution in [3.05, 3.63) is 42.4 Å². The van der Waals surface area contributed by atoms with Gasteiger partial charge in [-0.2, -0.15) is 12.7 Å². The summed E-state index contributed by atoms with van der Waals surface area (Å²) < 4.78 is 14.0. The Labute approximate surface area is 238 Å². The largest absolute Gasteiger partial charge is 1.00 e. The molecule has 0 spiro atoms. The second-order valence-corrected chi connectivity index (χ2v) is 7.89. The zero-order valence-electron chi connectivity index (χ0n) is 19.0. The molecular formula is C21H22BKN7O2P. The second kappa shape index (κ2) is 11.7. The van der Waals surface area contributed by atoms with Crippen molar-refractivity contribution in [3.8, 4) is 23.0 Å². The van der Waals surface area contributed by atoms with Crippen LogP contribution in [0, 0.1) is 5.41 Å². The van der Waals surface area contributed by atoms with E-state index in [1.165, 1.54) is 0 Å². The topological polar surface area (TPSA) is 111 Å². The third kappa shape index (κ3) is 5.90. The molecule has 0 amide bonds. The zero-order chi connectivity index (χ0) is 22.7. The van der Waals surface area contributed by atoms with Crippen LogP contribution in [-0.4, -0.2) is 50.5 Å². The molecule has 33 heavy (non-hydrogen) atoms. The molecule has 0 unspecified atom stereocenters. The Morgan fingerprint density at radius 3 is 2.91 bits per heavy atom. The van der Waals surface area contributed by atoms with Gasteiger partial charge in [-0.3, -0.25) is 0 Å². The molecule has 1 aliphatic rings. The summed E-state index contributed by atoms with van der Waals surface area (Å²) in [4.78, 5) is 13.5. The molecular weight excluding hydrogens is 463 g/mol. The van der Waals surface area contributed by atoms with Crippen molar-refractivity contribution < 1.29 is 60.9 Å². The Morgan fingerprint density at radius 1 is 1.33 bits per heavy atom. The summed E-state index contributed by atoms with van der Waals surface area (Å²) in [7, 11) is 7.88. The molecule has 3 aromatic rings. The van der Waals surface area contributed by atoms with Gasteiger partial charge in [0.25, 0.3) is 0 Å². The molecule has 1 atom stereocenters. The van der Waals surface area contributed by atoms with Gasteiger partial charge in [0, 0.05) is 37.5 Å². The molecule has 12 heteroatoms. The SMILES string of the molecule is [B][P-]C(=N)/C(=C\C)c1cnc2cc1O[C@@H](C)CCOc1c(cnn1C)-c1nccc(n1)N2.[K+]. The Bertz CT molecular complexity index is 1190. The molecule has 3 aromatic heterocycles. The molecule has 0 saturated heterocycles. The first kappa shape index (κ1) is 26.0. The molecule has 4 bridgehead atoms. The molecule has 1 aliphatic heterocycles. The van der Waals surface area contributed by atoms with Crippen LogP contribution >= 0.6 is 8.46 Å². The number of nitrogens with one attached hydrogen (secondary N) is 2. The van der Waals surface area contributed by atoms with Gasteiger partial charge in [0.2, 0.25) is 5.88 Å². The average Bonchev–Trinajstić information content (AvgIpc) is 3.15. The van der Waals surface area contributed by atoms with E-state index < -0.39 is 0 Å². The normalized spacial score (nSPS) is 16.0. The maximum atomic E-state index is 8.21. The number of hydrogen-bond donors (Lipinski definition) is 2. The Balaban J connectivity index is 0.00000306. The van der Waals surface area contributed by atoms with Crippen molar-refractivity contribution >= 4 is 38.7 Å². The number of aromatic nitrogens is 5. The average molecular weight is 485 g/mol. The third-order valence-electron chi connectivity index (χ3n) is 4.96. The molecule has 0 aliphatic carbocycles. The fourth-order valence-corrected chi connectivity index (χ4v) is 3.72. The van der Waals surface area contributed by atoms with Gasteiger partial charge in [0.15, 0.2) is 5.82 Å². The zero-order valence-corrected chi connectivity index (χ0v) is 23.1. The van der Waals surface area contributed by atoms with Crippen molar-refractivity contribution in [3.63, 3.8) is 0 Å². The van der Waals surface area contributed by atoms with Crippen LogP contribution in [0.2, 0.25) is 0 Å². The maximum absolute atomic E-state index is 8.21. The molecule has 9 nitrogen and oxygen atoms in total. The number of hydrogen-bond acceptors (Lipinski definition) is 8. The number of aryl methyl sites for hydroxylation is 1. The van der Waals surface area contributed by atoms with Crippen LogP contribution in [0.5, 0.6) is 11.6 Å². The van der Waals surface area contributed by atoms with E-state index >= 15 is 0 Å². The van der Waals surface area contributed by atoms with Gasteiger partial charge >= 0.3 is 51.4 Å². The van der Waals surface area contributed by atoms with E-state index in [1.807, 2.05) is 27.0 Å². The van der Waals surface area contributed by atoms with Crippen LogP contribution in [0.3, 0.4) is 0 Å². The summed E-state index contributed by atoms with van der Waals surface area (Å²) in [6, 6.07) is 3.56. The first-order valence-corrected chi connectivity index (χ1v) is 11.0. The molecule has 0 saturated carbocycles. The first-order valence-electron chi connectivity index (χ1n) is 10.1.